The van der Waals surface area contributed by atoms with E-state index in [0.717, 1.165) is 50.5 Å². The molecule has 0 radical (unpaired) electrons. The maximum Gasteiger partial charge on any atom is 0.223 e. The highest BCUT2D eigenvalue weighted by molar-refractivity contribution is 5.76. The fraction of sp³-hybridized carbons (Fsp3) is 0.700. The molecule has 3 heterocycles. The van der Waals surface area contributed by atoms with Crippen molar-refractivity contribution in [3.8, 4) is 0 Å². The first kappa shape index (κ1) is 17.7. The van der Waals surface area contributed by atoms with Crippen LogP contribution in [-0.2, 0) is 17.8 Å². The fourth-order valence-electron chi connectivity index (χ4n) is 4.54. The van der Waals surface area contributed by atoms with Gasteiger partial charge < -0.3 is 20.2 Å². The molecule has 0 bridgehead atoms. The minimum Gasteiger partial charge on any atom is -0.395 e. The number of aromatic nitrogens is 1. The molecule has 1 saturated carbocycles. The molecule has 1 aromatic rings. The van der Waals surface area contributed by atoms with Crippen molar-refractivity contribution in [2.45, 2.75) is 51.1 Å². The summed E-state index contributed by atoms with van der Waals surface area (Å²) in [5, 5.41) is 12.7. The van der Waals surface area contributed by atoms with Crippen LogP contribution in [-0.4, -0.2) is 59.7 Å². The molecule has 0 unspecified atom stereocenters. The number of carbonyl (C=O) groups is 1. The summed E-state index contributed by atoms with van der Waals surface area (Å²) in [6.07, 6.45) is 6.59. The Kier molecular flexibility index (Phi) is 5.41. The number of carbonyl (C=O) groups excluding carboxylic acids is 1. The third kappa shape index (κ3) is 3.86. The van der Waals surface area contributed by atoms with Crippen molar-refractivity contribution < 1.29 is 9.90 Å². The van der Waals surface area contributed by atoms with Crippen LogP contribution in [0.3, 0.4) is 0 Å². The molecule has 0 spiro atoms. The van der Waals surface area contributed by atoms with Crippen molar-refractivity contribution in [1.82, 2.24) is 15.2 Å². The second-order valence-corrected chi connectivity index (χ2v) is 7.97. The van der Waals surface area contributed by atoms with Gasteiger partial charge in [-0.25, -0.2) is 4.98 Å². The van der Waals surface area contributed by atoms with Gasteiger partial charge in [-0.15, -0.1) is 0 Å². The number of hydrogen-bond donors (Lipinski definition) is 2. The van der Waals surface area contributed by atoms with Gasteiger partial charge in [-0.1, -0.05) is 18.9 Å². The lowest BCUT2D eigenvalue weighted by Crippen LogP contribution is -2.52. The molecule has 3 aliphatic rings. The number of aliphatic hydroxyl groups is 1. The van der Waals surface area contributed by atoms with Crippen LogP contribution in [0.2, 0.25) is 0 Å². The van der Waals surface area contributed by atoms with Gasteiger partial charge in [-0.05, 0) is 30.4 Å². The van der Waals surface area contributed by atoms with E-state index in [0.29, 0.717) is 18.4 Å². The van der Waals surface area contributed by atoms with Gasteiger partial charge in [0.25, 0.3) is 0 Å². The van der Waals surface area contributed by atoms with Gasteiger partial charge in [-0.2, -0.15) is 0 Å². The van der Waals surface area contributed by atoms with Crippen molar-refractivity contribution in [3.05, 3.63) is 23.4 Å². The molecule has 6 nitrogen and oxygen atoms in total. The maximum absolute atomic E-state index is 12.6. The van der Waals surface area contributed by atoms with Crippen molar-refractivity contribution >= 4 is 11.7 Å². The average Bonchev–Trinajstić information content (AvgIpc) is 3.20. The SMILES string of the molecule is O=C(CC1CCCC1)N1CCc2nc(N3CCN[C@H](CO)C3)ccc2C1. The Balaban J connectivity index is 1.40. The highest BCUT2D eigenvalue weighted by atomic mass is 16.3. The highest BCUT2D eigenvalue weighted by Gasteiger charge is 2.26. The Morgan fingerprint density at radius 1 is 1.27 bits per heavy atom. The van der Waals surface area contributed by atoms with E-state index < -0.39 is 0 Å². The van der Waals surface area contributed by atoms with Crippen LogP contribution < -0.4 is 10.2 Å². The predicted octanol–water partition coefficient (Wildman–Crippen LogP) is 1.32. The zero-order valence-electron chi connectivity index (χ0n) is 15.5. The summed E-state index contributed by atoms with van der Waals surface area (Å²) < 4.78 is 0. The van der Waals surface area contributed by atoms with E-state index >= 15 is 0 Å². The number of rotatable bonds is 4. The summed E-state index contributed by atoms with van der Waals surface area (Å²) in [5.41, 5.74) is 2.32. The monoisotopic (exact) mass is 358 g/mol. The van der Waals surface area contributed by atoms with E-state index in [1.54, 1.807) is 0 Å². The maximum atomic E-state index is 12.6. The molecule has 2 fully saturated rings. The van der Waals surface area contributed by atoms with Crippen LogP contribution in [0, 0.1) is 5.92 Å². The Bertz CT molecular complexity index is 645. The van der Waals surface area contributed by atoms with E-state index in [1.165, 1.54) is 31.2 Å². The molecule has 26 heavy (non-hydrogen) atoms. The van der Waals surface area contributed by atoms with Gasteiger partial charge in [0, 0.05) is 57.3 Å². The Labute approximate surface area is 155 Å². The first-order valence-corrected chi connectivity index (χ1v) is 10.1. The van der Waals surface area contributed by atoms with Gasteiger partial charge in [0.05, 0.1) is 6.61 Å². The molecular formula is C20H30N4O2. The fourth-order valence-corrected chi connectivity index (χ4v) is 4.54. The van der Waals surface area contributed by atoms with Crippen LogP contribution in [0.4, 0.5) is 5.82 Å². The molecule has 6 heteroatoms. The van der Waals surface area contributed by atoms with Crippen molar-refractivity contribution in [3.63, 3.8) is 0 Å². The molecule has 2 N–H and O–H groups in total. The molecular weight excluding hydrogens is 328 g/mol. The minimum absolute atomic E-state index is 0.116. The number of aliphatic hydroxyl groups excluding tert-OH is 1. The van der Waals surface area contributed by atoms with E-state index in [-0.39, 0.29) is 12.6 Å². The number of amides is 1. The van der Waals surface area contributed by atoms with Crippen molar-refractivity contribution in [2.75, 3.05) is 37.7 Å². The molecule has 142 valence electrons. The lowest BCUT2D eigenvalue weighted by Gasteiger charge is -2.35. The first-order chi connectivity index (χ1) is 12.7. The summed E-state index contributed by atoms with van der Waals surface area (Å²) in [6, 6.07) is 4.33. The summed E-state index contributed by atoms with van der Waals surface area (Å²) in [4.78, 5) is 21.8. The molecule has 0 aromatic carbocycles. The van der Waals surface area contributed by atoms with Gasteiger partial charge in [0.15, 0.2) is 0 Å². The van der Waals surface area contributed by atoms with Crippen LogP contribution in [0.1, 0.15) is 43.4 Å². The topological polar surface area (TPSA) is 68.7 Å². The molecule has 1 atom stereocenters. The number of hydrogen-bond acceptors (Lipinski definition) is 5. The van der Waals surface area contributed by atoms with Crippen molar-refractivity contribution in [1.29, 1.82) is 0 Å². The highest BCUT2D eigenvalue weighted by Crippen LogP contribution is 2.29. The number of anilines is 1. The largest absolute Gasteiger partial charge is 0.395 e. The van der Waals surface area contributed by atoms with Crippen LogP contribution >= 0.6 is 0 Å². The molecule has 1 aliphatic carbocycles. The number of nitrogens with one attached hydrogen (secondary N) is 1. The lowest BCUT2D eigenvalue weighted by molar-refractivity contribution is -0.133. The quantitative estimate of drug-likeness (QED) is 0.850. The third-order valence-corrected chi connectivity index (χ3v) is 6.12. The summed E-state index contributed by atoms with van der Waals surface area (Å²) in [7, 11) is 0. The summed E-state index contributed by atoms with van der Waals surface area (Å²) >= 11 is 0. The van der Waals surface area contributed by atoms with E-state index in [9.17, 15) is 9.90 Å². The number of pyridine rings is 1. The first-order valence-electron chi connectivity index (χ1n) is 10.1. The molecule has 1 aromatic heterocycles. The molecule has 1 amide bonds. The summed E-state index contributed by atoms with van der Waals surface area (Å²) in [6.45, 7) is 4.21. The zero-order chi connectivity index (χ0) is 17.9. The Morgan fingerprint density at radius 2 is 2.12 bits per heavy atom. The summed E-state index contributed by atoms with van der Waals surface area (Å²) in [5.74, 6) is 1.92. The van der Waals surface area contributed by atoms with Crippen LogP contribution in [0.5, 0.6) is 0 Å². The number of nitrogens with zero attached hydrogens (tertiary/aromatic N) is 3. The van der Waals surface area contributed by atoms with Gasteiger partial charge in [0.1, 0.15) is 5.82 Å². The van der Waals surface area contributed by atoms with Crippen LogP contribution in [0.15, 0.2) is 12.1 Å². The van der Waals surface area contributed by atoms with Gasteiger partial charge >= 0.3 is 0 Å². The molecule has 1 saturated heterocycles. The van der Waals surface area contributed by atoms with E-state index in [2.05, 4.69) is 22.3 Å². The smallest absolute Gasteiger partial charge is 0.223 e. The van der Waals surface area contributed by atoms with Gasteiger partial charge in [0.2, 0.25) is 5.91 Å². The standard InChI is InChI=1S/C20H30N4O2/c25-14-17-13-23(10-8-21-17)19-6-5-16-12-24(9-7-18(16)22-19)20(26)11-15-3-1-2-4-15/h5-6,15,17,21,25H,1-4,7-14H2/t17-/m0/s1. The van der Waals surface area contributed by atoms with Crippen molar-refractivity contribution in [2.24, 2.45) is 5.92 Å². The molecule has 2 aliphatic heterocycles. The number of piperazine rings is 1. The van der Waals surface area contributed by atoms with E-state index in [4.69, 9.17) is 4.98 Å². The van der Waals surface area contributed by atoms with Crippen LogP contribution in [0.25, 0.3) is 0 Å². The Hall–Kier alpha value is -1.66. The number of fused-ring (bicyclic) bond motifs is 1. The second-order valence-electron chi connectivity index (χ2n) is 7.97. The molecule has 4 rings (SSSR count). The zero-order valence-corrected chi connectivity index (χ0v) is 15.5. The van der Waals surface area contributed by atoms with Gasteiger partial charge in [-0.3, -0.25) is 4.79 Å². The van der Waals surface area contributed by atoms with E-state index in [1.807, 2.05) is 4.90 Å². The minimum atomic E-state index is 0.116. The second kappa shape index (κ2) is 7.92. The average molecular weight is 358 g/mol. The Morgan fingerprint density at radius 3 is 2.92 bits per heavy atom. The predicted molar refractivity (Wildman–Crippen MR) is 101 cm³/mol. The lowest BCUT2D eigenvalue weighted by atomic mass is 10.0. The normalized spacial score (nSPS) is 24.0. The third-order valence-electron chi connectivity index (χ3n) is 6.12.